The molecule has 3 atom stereocenters. The quantitative estimate of drug-likeness (QED) is 0.543. The molecular formula is C15H22O4Se. The number of ether oxygens (including phenoxy) is 1. The molecule has 5 heteroatoms. The van der Waals surface area contributed by atoms with Crippen LogP contribution in [0.5, 0.6) is 0 Å². The van der Waals surface area contributed by atoms with Crippen LogP contribution >= 0.6 is 0 Å². The van der Waals surface area contributed by atoms with Gasteiger partial charge in [-0.15, -0.1) is 0 Å². The van der Waals surface area contributed by atoms with Crippen molar-refractivity contribution in [3.05, 3.63) is 30.3 Å². The van der Waals surface area contributed by atoms with Crippen LogP contribution < -0.4 is 4.46 Å². The van der Waals surface area contributed by atoms with Crippen molar-refractivity contribution in [3.8, 4) is 0 Å². The second kappa shape index (κ2) is 9.14. The van der Waals surface area contributed by atoms with Gasteiger partial charge in [0.2, 0.25) is 0 Å². The van der Waals surface area contributed by atoms with Gasteiger partial charge in [-0.3, -0.25) is 0 Å². The Morgan fingerprint density at radius 2 is 1.90 bits per heavy atom. The molecule has 0 aliphatic carbocycles. The summed E-state index contributed by atoms with van der Waals surface area (Å²) in [7, 11) is 0. The van der Waals surface area contributed by atoms with Gasteiger partial charge in [0.25, 0.3) is 0 Å². The molecule has 112 valence electrons. The fourth-order valence-electron chi connectivity index (χ4n) is 1.83. The van der Waals surface area contributed by atoms with Crippen LogP contribution in [0.4, 0.5) is 0 Å². The summed E-state index contributed by atoms with van der Waals surface area (Å²) in [6.45, 7) is 3.89. The van der Waals surface area contributed by atoms with Gasteiger partial charge >= 0.3 is 126 Å². The van der Waals surface area contributed by atoms with E-state index < -0.39 is 23.0 Å². The molecule has 0 saturated carbocycles. The van der Waals surface area contributed by atoms with Crippen molar-refractivity contribution in [2.45, 2.75) is 43.7 Å². The average molecular weight is 345 g/mol. The molecule has 0 bridgehead atoms. The maximum atomic E-state index is 11.7. The molecule has 0 aliphatic heterocycles. The molecule has 0 spiro atoms. The Kier molecular flexibility index (Phi) is 7.85. The third-order valence-corrected chi connectivity index (χ3v) is 5.73. The number of hydrogen-bond acceptors (Lipinski definition) is 4. The van der Waals surface area contributed by atoms with Crippen LogP contribution in [0.3, 0.4) is 0 Å². The number of rotatable bonds is 8. The van der Waals surface area contributed by atoms with E-state index in [1.165, 1.54) is 0 Å². The number of aliphatic hydroxyl groups excluding tert-OH is 2. The van der Waals surface area contributed by atoms with E-state index in [1.807, 2.05) is 37.3 Å². The van der Waals surface area contributed by atoms with Crippen LogP contribution in [0.1, 0.15) is 26.7 Å². The van der Waals surface area contributed by atoms with Crippen LogP contribution in [-0.2, 0) is 9.53 Å². The third kappa shape index (κ3) is 5.25. The molecule has 0 saturated heterocycles. The molecule has 2 N–H and O–H groups in total. The molecule has 0 unspecified atom stereocenters. The van der Waals surface area contributed by atoms with Gasteiger partial charge in [-0.2, -0.15) is 0 Å². The zero-order valence-electron chi connectivity index (χ0n) is 11.9. The summed E-state index contributed by atoms with van der Waals surface area (Å²) in [4.78, 5) is 11.2. The van der Waals surface area contributed by atoms with Gasteiger partial charge in [-0.05, 0) is 0 Å². The first kappa shape index (κ1) is 17.2. The maximum absolute atomic E-state index is 11.7. The van der Waals surface area contributed by atoms with E-state index >= 15 is 0 Å². The number of carbonyl (C=O) groups is 1. The second-order valence-corrected chi connectivity index (χ2v) is 7.07. The zero-order chi connectivity index (χ0) is 15.0. The summed E-state index contributed by atoms with van der Waals surface area (Å²) >= 11 is -0.192. The van der Waals surface area contributed by atoms with Crippen LogP contribution in [0.25, 0.3) is 0 Å². The predicted octanol–water partition coefficient (Wildman–Crippen LogP) is 0.890. The molecule has 0 aliphatic rings. The molecule has 1 rings (SSSR count). The fourth-order valence-corrected chi connectivity index (χ4v) is 4.27. The van der Waals surface area contributed by atoms with Crippen molar-refractivity contribution in [3.63, 3.8) is 0 Å². The first-order chi connectivity index (χ1) is 9.60. The third-order valence-electron chi connectivity index (χ3n) is 2.82. The van der Waals surface area contributed by atoms with Crippen molar-refractivity contribution in [1.82, 2.24) is 0 Å². The SMILES string of the molecule is CCC[C@H](O)[C@H]([Se]c1ccccc1)[C@@H](O)C(=O)OCC. The number of aliphatic hydroxyl groups is 2. The van der Waals surface area contributed by atoms with Crippen LogP contribution in [0.15, 0.2) is 30.3 Å². The Morgan fingerprint density at radius 3 is 2.45 bits per heavy atom. The van der Waals surface area contributed by atoms with Gasteiger partial charge in [0.1, 0.15) is 0 Å². The molecule has 0 amide bonds. The van der Waals surface area contributed by atoms with Crippen molar-refractivity contribution >= 4 is 25.4 Å². The Balaban J connectivity index is 2.81. The van der Waals surface area contributed by atoms with E-state index in [4.69, 9.17) is 4.74 Å². The molecule has 0 radical (unpaired) electrons. The summed E-state index contributed by atoms with van der Waals surface area (Å²) in [5.74, 6) is -0.648. The van der Waals surface area contributed by atoms with Gasteiger partial charge in [0.15, 0.2) is 0 Å². The van der Waals surface area contributed by atoms with Crippen LogP contribution in [0, 0.1) is 0 Å². The molecule has 1 aromatic carbocycles. The van der Waals surface area contributed by atoms with Crippen LogP contribution in [-0.4, -0.2) is 50.0 Å². The normalized spacial score (nSPS) is 15.4. The van der Waals surface area contributed by atoms with Crippen molar-refractivity contribution in [1.29, 1.82) is 0 Å². The number of carbonyl (C=O) groups excluding carboxylic acids is 1. The topological polar surface area (TPSA) is 66.8 Å². The predicted molar refractivity (Wildman–Crippen MR) is 79.1 cm³/mol. The van der Waals surface area contributed by atoms with E-state index in [0.29, 0.717) is 6.42 Å². The summed E-state index contributed by atoms with van der Waals surface area (Å²) < 4.78 is 5.91. The van der Waals surface area contributed by atoms with Gasteiger partial charge in [0, 0.05) is 0 Å². The van der Waals surface area contributed by atoms with Gasteiger partial charge in [-0.1, -0.05) is 0 Å². The number of hydrogen-bond donors (Lipinski definition) is 2. The van der Waals surface area contributed by atoms with E-state index in [-0.39, 0.29) is 21.6 Å². The molecule has 0 fully saturated rings. The zero-order valence-corrected chi connectivity index (χ0v) is 13.6. The number of esters is 1. The first-order valence-electron chi connectivity index (χ1n) is 6.84. The van der Waals surface area contributed by atoms with E-state index in [1.54, 1.807) is 6.92 Å². The number of benzene rings is 1. The van der Waals surface area contributed by atoms with E-state index in [0.717, 1.165) is 10.9 Å². The fraction of sp³-hybridized carbons (Fsp3) is 0.533. The summed E-state index contributed by atoms with van der Waals surface area (Å²) in [5, 5.41) is 20.4. The van der Waals surface area contributed by atoms with E-state index in [9.17, 15) is 15.0 Å². The van der Waals surface area contributed by atoms with Crippen molar-refractivity contribution in [2.75, 3.05) is 6.61 Å². The van der Waals surface area contributed by atoms with Crippen molar-refractivity contribution in [2.24, 2.45) is 0 Å². The summed E-state index contributed by atoms with van der Waals surface area (Å²) in [6.07, 6.45) is -0.593. The summed E-state index contributed by atoms with van der Waals surface area (Å²) in [6, 6.07) is 9.64. The monoisotopic (exact) mass is 346 g/mol. The Hall–Kier alpha value is -0.871. The standard InChI is InChI=1S/C15H22O4Se/c1-3-8-12(16)14(13(17)15(18)19-4-2)20-11-9-6-5-7-10-11/h5-7,9-10,12-14,16-17H,3-4,8H2,1-2H3/t12-,13+,14-/m0/s1. The molecule has 1 aromatic rings. The van der Waals surface area contributed by atoms with Gasteiger partial charge in [-0.25, -0.2) is 0 Å². The molecule has 20 heavy (non-hydrogen) atoms. The molecule has 0 heterocycles. The molecule has 0 aromatic heterocycles. The first-order valence-corrected chi connectivity index (χ1v) is 8.69. The Morgan fingerprint density at radius 1 is 1.25 bits per heavy atom. The Bertz CT molecular complexity index is 396. The minimum absolute atomic E-state index is 0.192. The summed E-state index contributed by atoms with van der Waals surface area (Å²) in [5.41, 5.74) is 0. The van der Waals surface area contributed by atoms with Gasteiger partial charge < -0.3 is 0 Å². The average Bonchev–Trinajstić information content (AvgIpc) is 2.45. The molecule has 4 nitrogen and oxygen atoms in total. The van der Waals surface area contributed by atoms with Gasteiger partial charge in [0.05, 0.1) is 0 Å². The van der Waals surface area contributed by atoms with E-state index in [2.05, 4.69) is 0 Å². The Labute approximate surface area is 126 Å². The second-order valence-electron chi connectivity index (χ2n) is 4.45. The molecular weight excluding hydrogens is 323 g/mol. The minimum atomic E-state index is -1.27. The van der Waals surface area contributed by atoms with Crippen LogP contribution in [0.2, 0.25) is 4.82 Å². The van der Waals surface area contributed by atoms with Crippen molar-refractivity contribution < 1.29 is 19.7 Å².